The van der Waals surface area contributed by atoms with Crippen molar-refractivity contribution in [3.8, 4) is 0 Å². The Bertz CT molecular complexity index is 264. The molecule has 1 aliphatic rings. The van der Waals surface area contributed by atoms with E-state index < -0.39 is 0 Å². The fraction of sp³-hybridized carbons (Fsp3) is 0.545. The summed E-state index contributed by atoms with van der Waals surface area (Å²) in [5, 5.41) is 2.85. The van der Waals surface area contributed by atoms with E-state index in [0.29, 0.717) is 6.54 Å². The van der Waals surface area contributed by atoms with E-state index in [4.69, 9.17) is 5.73 Å². The number of rotatable bonds is 3. The van der Waals surface area contributed by atoms with E-state index in [9.17, 15) is 4.79 Å². The maximum Gasteiger partial charge on any atom is 0.227 e. The van der Waals surface area contributed by atoms with Gasteiger partial charge in [-0.3, -0.25) is 4.79 Å². The van der Waals surface area contributed by atoms with E-state index >= 15 is 0 Å². The lowest BCUT2D eigenvalue weighted by atomic mass is 10.1. The molecule has 3 heteroatoms. The Morgan fingerprint density at radius 2 is 2.29 bits per heavy atom. The van der Waals surface area contributed by atoms with E-state index in [1.54, 1.807) is 0 Å². The van der Waals surface area contributed by atoms with Gasteiger partial charge in [0.2, 0.25) is 5.91 Å². The summed E-state index contributed by atoms with van der Waals surface area (Å²) in [7, 11) is 0. The molecule has 0 saturated heterocycles. The Morgan fingerprint density at radius 1 is 1.57 bits per heavy atom. The minimum absolute atomic E-state index is 0.0319. The second-order valence-electron chi connectivity index (χ2n) is 3.92. The number of nitrogens with one attached hydrogen (secondary N) is 1. The first-order valence-electron chi connectivity index (χ1n) is 4.94. The maximum absolute atomic E-state index is 11.5. The second kappa shape index (κ2) is 4.96. The summed E-state index contributed by atoms with van der Waals surface area (Å²) in [5.74, 6) is 0.0438. The number of amides is 1. The van der Waals surface area contributed by atoms with Gasteiger partial charge in [-0.05, 0) is 20.3 Å². The van der Waals surface area contributed by atoms with Gasteiger partial charge < -0.3 is 11.1 Å². The van der Waals surface area contributed by atoms with Crippen LogP contribution in [0.4, 0.5) is 0 Å². The molecule has 0 bridgehead atoms. The molecule has 0 radical (unpaired) electrons. The molecule has 2 unspecified atom stereocenters. The Labute approximate surface area is 85.1 Å². The highest BCUT2D eigenvalue weighted by Gasteiger charge is 2.21. The third-order valence-electron chi connectivity index (χ3n) is 2.24. The molecule has 0 saturated carbocycles. The number of carbonyl (C=O) groups excluding carboxylic acids is 1. The average Bonchev–Trinajstić information content (AvgIpc) is 2.51. The summed E-state index contributed by atoms with van der Waals surface area (Å²) >= 11 is 0. The summed E-state index contributed by atoms with van der Waals surface area (Å²) in [4.78, 5) is 11.5. The third-order valence-corrected chi connectivity index (χ3v) is 2.24. The first-order valence-corrected chi connectivity index (χ1v) is 4.94. The van der Waals surface area contributed by atoms with Crippen LogP contribution in [0.5, 0.6) is 0 Å². The van der Waals surface area contributed by atoms with Crippen molar-refractivity contribution in [3.05, 3.63) is 23.8 Å². The summed E-state index contributed by atoms with van der Waals surface area (Å²) in [5.41, 5.74) is 6.87. The average molecular weight is 194 g/mol. The molecule has 1 aliphatic carbocycles. The van der Waals surface area contributed by atoms with Crippen molar-refractivity contribution in [1.29, 1.82) is 0 Å². The van der Waals surface area contributed by atoms with Gasteiger partial charge in [-0.1, -0.05) is 23.8 Å². The lowest BCUT2D eigenvalue weighted by Gasteiger charge is -2.08. The van der Waals surface area contributed by atoms with E-state index in [-0.39, 0.29) is 17.9 Å². The van der Waals surface area contributed by atoms with E-state index in [0.717, 1.165) is 6.42 Å². The normalized spacial score (nSPS) is 24.8. The monoisotopic (exact) mass is 194 g/mol. The van der Waals surface area contributed by atoms with E-state index in [2.05, 4.69) is 5.32 Å². The van der Waals surface area contributed by atoms with E-state index in [1.165, 1.54) is 5.57 Å². The van der Waals surface area contributed by atoms with Crippen LogP contribution in [-0.4, -0.2) is 18.5 Å². The van der Waals surface area contributed by atoms with Gasteiger partial charge in [0.05, 0.1) is 5.92 Å². The van der Waals surface area contributed by atoms with Crippen LogP contribution in [-0.2, 0) is 4.79 Å². The Hall–Kier alpha value is -1.09. The number of hydrogen-bond acceptors (Lipinski definition) is 2. The van der Waals surface area contributed by atoms with Crippen molar-refractivity contribution in [3.63, 3.8) is 0 Å². The minimum Gasteiger partial charge on any atom is -0.352 e. The summed E-state index contributed by atoms with van der Waals surface area (Å²) in [6.45, 7) is 4.63. The fourth-order valence-electron chi connectivity index (χ4n) is 1.41. The van der Waals surface area contributed by atoms with Gasteiger partial charge in [0.1, 0.15) is 0 Å². The van der Waals surface area contributed by atoms with Crippen molar-refractivity contribution < 1.29 is 4.79 Å². The highest BCUT2D eigenvalue weighted by molar-refractivity contribution is 5.81. The van der Waals surface area contributed by atoms with E-state index in [1.807, 2.05) is 32.1 Å². The molecule has 1 rings (SSSR count). The van der Waals surface area contributed by atoms with Gasteiger partial charge in [-0.2, -0.15) is 0 Å². The Balaban J connectivity index is 2.29. The molecule has 3 N–H and O–H groups in total. The van der Waals surface area contributed by atoms with Crippen LogP contribution in [0.2, 0.25) is 0 Å². The van der Waals surface area contributed by atoms with Crippen LogP contribution >= 0.6 is 0 Å². The zero-order valence-electron chi connectivity index (χ0n) is 8.79. The lowest BCUT2D eigenvalue weighted by molar-refractivity contribution is -0.123. The van der Waals surface area contributed by atoms with Gasteiger partial charge >= 0.3 is 0 Å². The van der Waals surface area contributed by atoms with Gasteiger partial charge in [0.25, 0.3) is 0 Å². The number of carbonyl (C=O) groups is 1. The van der Waals surface area contributed by atoms with Crippen LogP contribution in [0.1, 0.15) is 20.3 Å². The molecule has 78 valence electrons. The predicted molar refractivity (Wildman–Crippen MR) is 57.7 cm³/mol. The van der Waals surface area contributed by atoms with Crippen LogP contribution in [0.15, 0.2) is 23.8 Å². The predicted octanol–water partition coefficient (Wildman–Crippen LogP) is 0.972. The SMILES string of the molecule is CC(C)=CCNC(=O)C1C=CC(N)C1. The second-order valence-corrected chi connectivity index (χ2v) is 3.92. The van der Waals surface area contributed by atoms with Crippen LogP contribution in [0.25, 0.3) is 0 Å². The molecule has 0 fully saturated rings. The lowest BCUT2D eigenvalue weighted by Crippen LogP contribution is -2.30. The Morgan fingerprint density at radius 3 is 2.79 bits per heavy atom. The molecule has 0 aromatic carbocycles. The largest absolute Gasteiger partial charge is 0.352 e. The molecule has 0 aromatic rings. The van der Waals surface area contributed by atoms with Crippen LogP contribution in [0.3, 0.4) is 0 Å². The first-order chi connectivity index (χ1) is 6.59. The first kappa shape index (κ1) is 11.0. The van der Waals surface area contributed by atoms with Gasteiger partial charge in [-0.25, -0.2) is 0 Å². The highest BCUT2D eigenvalue weighted by atomic mass is 16.1. The zero-order valence-corrected chi connectivity index (χ0v) is 8.79. The summed E-state index contributed by atoms with van der Waals surface area (Å²) in [6.07, 6.45) is 6.52. The van der Waals surface area contributed by atoms with Crippen molar-refractivity contribution in [2.24, 2.45) is 11.7 Å². The molecule has 1 amide bonds. The molecule has 3 nitrogen and oxygen atoms in total. The van der Waals surface area contributed by atoms with Gasteiger partial charge in [0, 0.05) is 12.6 Å². The van der Waals surface area contributed by atoms with Crippen molar-refractivity contribution in [1.82, 2.24) is 5.32 Å². The molecular weight excluding hydrogens is 176 g/mol. The molecular formula is C11H18N2O. The van der Waals surface area contributed by atoms with Crippen LogP contribution < -0.4 is 11.1 Å². The minimum atomic E-state index is -0.0319. The van der Waals surface area contributed by atoms with Crippen molar-refractivity contribution >= 4 is 5.91 Å². The highest BCUT2D eigenvalue weighted by Crippen LogP contribution is 2.15. The number of nitrogens with two attached hydrogens (primary N) is 1. The smallest absolute Gasteiger partial charge is 0.227 e. The molecule has 0 heterocycles. The third kappa shape index (κ3) is 3.34. The van der Waals surface area contributed by atoms with Crippen molar-refractivity contribution in [2.75, 3.05) is 6.54 Å². The summed E-state index contributed by atoms with van der Waals surface area (Å²) in [6, 6.07) is 0.0502. The van der Waals surface area contributed by atoms with Gasteiger partial charge in [0.15, 0.2) is 0 Å². The topological polar surface area (TPSA) is 55.1 Å². The summed E-state index contributed by atoms with van der Waals surface area (Å²) < 4.78 is 0. The molecule has 14 heavy (non-hydrogen) atoms. The van der Waals surface area contributed by atoms with Gasteiger partial charge in [-0.15, -0.1) is 0 Å². The molecule has 2 atom stereocenters. The standard InChI is InChI=1S/C11H18N2O/c1-8(2)5-6-13-11(14)9-3-4-10(12)7-9/h3-5,9-10H,6-7,12H2,1-2H3,(H,13,14). The number of hydrogen-bond donors (Lipinski definition) is 2. The maximum atomic E-state index is 11.5. The molecule has 0 aromatic heterocycles. The quantitative estimate of drug-likeness (QED) is 0.658. The zero-order chi connectivity index (χ0) is 10.6. The molecule has 0 aliphatic heterocycles. The number of allylic oxidation sites excluding steroid dienone is 1. The van der Waals surface area contributed by atoms with Crippen LogP contribution in [0, 0.1) is 5.92 Å². The van der Waals surface area contributed by atoms with Crippen molar-refractivity contribution in [2.45, 2.75) is 26.3 Å². The molecule has 0 spiro atoms. The Kier molecular flexibility index (Phi) is 3.89. The fourth-order valence-corrected chi connectivity index (χ4v) is 1.41.